The van der Waals surface area contributed by atoms with Gasteiger partial charge in [0.15, 0.2) is 0 Å². The summed E-state index contributed by atoms with van der Waals surface area (Å²) in [6, 6.07) is 4.08. The van der Waals surface area contributed by atoms with E-state index < -0.39 is 16.5 Å². The molecule has 22 heavy (non-hydrogen) atoms. The quantitative estimate of drug-likeness (QED) is 0.499. The average Bonchev–Trinajstić information content (AvgIpc) is 2.47. The number of ether oxygens (including phenoxy) is 1. The maximum atomic E-state index is 12.4. The molecule has 2 rings (SSSR count). The fourth-order valence-corrected chi connectivity index (χ4v) is 3.09. The van der Waals surface area contributed by atoms with Crippen LogP contribution in [-0.4, -0.2) is 29.6 Å². The molecule has 1 aromatic carbocycles. The Morgan fingerprint density at radius 2 is 2.05 bits per heavy atom. The standard InChI is InChI=1S/C15H19BrN2O4/c1-15(2,10-5-7-17-8-6-10)22-14(19)12-9-11(18(20)21)3-4-13(12)16/h3-4,9-10,17H,5-8H2,1-2H3. The van der Waals surface area contributed by atoms with Crippen molar-refractivity contribution < 1.29 is 14.5 Å². The Balaban J connectivity index is 2.17. The predicted molar refractivity (Wildman–Crippen MR) is 85.9 cm³/mol. The molecule has 1 fully saturated rings. The number of rotatable bonds is 4. The first kappa shape index (κ1) is 16.9. The van der Waals surface area contributed by atoms with Crippen molar-refractivity contribution in [3.05, 3.63) is 38.3 Å². The van der Waals surface area contributed by atoms with Gasteiger partial charge in [-0.15, -0.1) is 0 Å². The highest BCUT2D eigenvalue weighted by Crippen LogP contribution is 2.31. The van der Waals surface area contributed by atoms with E-state index in [0.717, 1.165) is 25.9 Å². The van der Waals surface area contributed by atoms with Crippen molar-refractivity contribution >= 4 is 27.6 Å². The molecule has 0 aromatic heterocycles. The van der Waals surface area contributed by atoms with Crippen LogP contribution < -0.4 is 5.32 Å². The molecule has 0 radical (unpaired) electrons. The number of nitrogens with one attached hydrogen (secondary N) is 1. The summed E-state index contributed by atoms with van der Waals surface area (Å²) in [5, 5.41) is 14.1. The minimum atomic E-state index is -0.608. The second-order valence-electron chi connectivity index (χ2n) is 5.94. The van der Waals surface area contributed by atoms with Gasteiger partial charge >= 0.3 is 5.97 Å². The van der Waals surface area contributed by atoms with E-state index in [1.807, 2.05) is 13.8 Å². The third-order valence-corrected chi connectivity index (χ3v) is 4.75. The second-order valence-corrected chi connectivity index (χ2v) is 6.79. The van der Waals surface area contributed by atoms with E-state index in [4.69, 9.17) is 4.74 Å². The Morgan fingerprint density at radius 1 is 1.41 bits per heavy atom. The number of benzene rings is 1. The summed E-state index contributed by atoms with van der Waals surface area (Å²) in [7, 11) is 0. The zero-order chi connectivity index (χ0) is 16.3. The van der Waals surface area contributed by atoms with Gasteiger partial charge in [-0.05, 0) is 61.8 Å². The van der Waals surface area contributed by atoms with Crippen LogP contribution >= 0.6 is 15.9 Å². The van der Waals surface area contributed by atoms with Crippen LogP contribution in [0.25, 0.3) is 0 Å². The topological polar surface area (TPSA) is 81.5 Å². The van der Waals surface area contributed by atoms with Gasteiger partial charge in [0.1, 0.15) is 5.60 Å². The second kappa shape index (κ2) is 6.75. The lowest BCUT2D eigenvalue weighted by atomic mass is 9.83. The number of carbonyl (C=O) groups is 1. The molecule has 0 unspecified atom stereocenters. The number of hydrogen-bond acceptors (Lipinski definition) is 5. The van der Waals surface area contributed by atoms with Gasteiger partial charge in [-0.1, -0.05) is 0 Å². The molecule has 0 amide bonds. The predicted octanol–water partition coefficient (Wildman–Crippen LogP) is 3.29. The minimum Gasteiger partial charge on any atom is -0.456 e. The summed E-state index contributed by atoms with van der Waals surface area (Å²) in [6.45, 7) is 5.61. The zero-order valence-electron chi connectivity index (χ0n) is 12.6. The van der Waals surface area contributed by atoms with E-state index in [1.54, 1.807) is 0 Å². The van der Waals surface area contributed by atoms with E-state index >= 15 is 0 Å². The van der Waals surface area contributed by atoms with E-state index in [1.165, 1.54) is 18.2 Å². The molecular weight excluding hydrogens is 352 g/mol. The molecule has 1 heterocycles. The van der Waals surface area contributed by atoms with Crippen molar-refractivity contribution in [2.75, 3.05) is 13.1 Å². The van der Waals surface area contributed by atoms with E-state index in [9.17, 15) is 14.9 Å². The number of esters is 1. The van der Waals surface area contributed by atoms with Crippen molar-refractivity contribution in [2.45, 2.75) is 32.3 Å². The maximum absolute atomic E-state index is 12.4. The number of carbonyl (C=O) groups excluding carboxylic acids is 1. The molecule has 7 heteroatoms. The van der Waals surface area contributed by atoms with Crippen LogP contribution in [0.4, 0.5) is 5.69 Å². The van der Waals surface area contributed by atoms with Gasteiger partial charge in [-0.25, -0.2) is 4.79 Å². The van der Waals surface area contributed by atoms with Crippen LogP contribution in [0.5, 0.6) is 0 Å². The number of halogens is 1. The average molecular weight is 371 g/mol. The monoisotopic (exact) mass is 370 g/mol. The van der Waals surface area contributed by atoms with Crippen LogP contribution in [0.15, 0.2) is 22.7 Å². The maximum Gasteiger partial charge on any atom is 0.340 e. The highest BCUT2D eigenvalue weighted by Gasteiger charge is 2.35. The number of non-ortho nitro benzene ring substituents is 1. The van der Waals surface area contributed by atoms with Crippen LogP contribution in [0.1, 0.15) is 37.0 Å². The summed E-state index contributed by atoms with van der Waals surface area (Å²) in [5.41, 5.74) is -0.561. The zero-order valence-corrected chi connectivity index (χ0v) is 14.2. The van der Waals surface area contributed by atoms with Crippen LogP contribution in [0.2, 0.25) is 0 Å². The first-order valence-corrected chi connectivity index (χ1v) is 7.98. The Bertz CT molecular complexity index is 583. The van der Waals surface area contributed by atoms with Gasteiger partial charge < -0.3 is 10.1 Å². The molecule has 0 bridgehead atoms. The van der Waals surface area contributed by atoms with Gasteiger partial charge in [0.2, 0.25) is 0 Å². The smallest absolute Gasteiger partial charge is 0.340 e. The Hall–Kier alpha value is -1.47. The first-order chi connectivity index (χ1) is 10.3. The highest BCUT2D eigenvalue weighted by molar-refractivity contribution is 9.10. The summed E-state index contributed by atoms with van der Waals surface area (Å²) >= 11 is 3.25. The van der Waals surface area contributed by atoms with Crippen LogP contribution in [0.3, 0.4) is 0 Å². The first-order valence-electron chi connectivity index (χ1n) is 7.19. The number of hydrogen-bond donors (Lipinski definition) is 1. The number of nitro groups is 1. The molecule has 0 aliphatic carbocycles. The number of piperidine rings is 1. The fraction of sp³-hybridized carbons (Fsp3) is 0.533. The van der Waals surface area contributed by atoms with Crippen molar-refractivity contribution in [3.8, 4) is 0 Å². The van der Waals surface area contributed by atoms with Gasteiger partial charge in [-0.3, -0.25) is 10.1 Å². The number of nitrogens with zero attached hydrogens (tertiary/aromatic N) is 1. The van der Waals surface area contributed by atoms with Crippen molar-refractivity contribution in [1.29, 1.82) is 0 Å². The van der Waals surface area contributed by atoms with Crippen molar-refractivity contribution in [1.82, 2.24) is 5.32 Å². The van der Waals surface area contributed by atoms with E-state index in [-0.39, 0.29) is 17.2 Å². The van der Waals surface area contributed by atoms with E-state index in [2.05, 4.69) is 21.2 Å². The van der Waals surface area contributed by atoms with Crippen LogP contribution in [-0.2, 0) is 4.74 Å². The molecule has 120 valence electrons. The van der Waals surface area contributed by atoms with Crippen molar-refractivity contribution in [3.63, 3.8) is 0 Å². The highest BCUT2D eigenvalue weighted by atomic mass is 79.9. The Morgan fingerprint density at radius 3 is 2.64 bits per heavy atom. The van der Waals surface area contributed by atoms with Gasteiger partial charge in [0, 0.05) is 22.5 Å². The fourth-order valence-electron chi connectivity index (χ4n) is 2.68. The van der Waals surface area contributed by atoms with Gasteiger partial charge in [0.25, 0.3) is 5.69 Å². The Labute approximate surface area is 137 Å². The van der Waals surface area contributed by atoms with Gasteiger partial charge in [0.05, 0.1) is 10.5 Å². The molecule has 0 spiro atoms. The third kappa shape index (κ3) is 3.84. The molecular formula is C15H19BrN2O4. The van der Waals surface area contributed by atoms with Gasteiger partial charge in [-0.2, -0.15) is 0 Å². The summed E-state index contributed by atoms with van der Waals surface area (Å²) in [5.74, 6) is -0.269. The lowest BCUT2D eigenvalue weighted by molar-refractivity contribution is -0.384. The van der Waals surface area contributed by atoms with Crippen LogP contribution in [0, 0.1) is 16.0 Å². The van der Waals surface area contributed by atoms with Crippen molar-refractivity contribution in [2.24, 2.45) is 5.92 Å². The lowest BCUT2D eigenvalue weighted by Crippen LogP contribution is -2.42. The summed E-state index contributed by atoms with van der Waals surface area (Å²) in [6.07, 6.45) is 1.88. The molecule has 1 aliphatic heterocycles. The normalized spacial score (nSPS) is 16.3. The molecule has 0 saturated carbocycles. The molecule has 1 aromatic rings. The number of nitro benzene ring substituents is 1. The minimum absolute atomic E-state index is 0.130. The SMILES string of the molecule is CC(C)(OC(=O)c1cc([N+](=O)[O-])ccc1Br)C1CCNCC1. The molecule has 6 nitrogen and oxygen atoms in total. The molecule has 0 atom stereocenters. The summed E-state index contributed by atoms with van der Waals surface area (Å²) in [4.78, 5) is 22.7. The third-order valence-electron chi connectivity index (χ3n) is 4.06. The van der Waals surface area contributed by atoms with E-state index in [0.29, 0.717) is 4.47 Å². The molecule has 1 N–H and O–H groups in total. The summed E-state index contributed by atoms with van der Waals surface area (Å²) < 4.78 is 6.15. The largest absolute Gasteiger partial charge is 0.456 e. The molecule has 1 aliphatic rings. The lowest BCUT2D eigenvalue weighted by Gasteiger charge is -2.36. The molecule has 1 saturated heterocycles. The Kier molecular flexibility index (Phi) is 5.18.